The lowest BCUT2D eigenvalue weighted by molar-refractivity contribution is -0.144. The van der Waals surface area contributed by atoms with Gasteiger partial charge in [0.05, 0.1) is 5.92 Å². The van der Waals surface area contributed by atoms with Gasteiger partial charge < -0.3 is 15.5 Å². The van der Waals surface area contributed by atoms with Crippen LogP contribution in [0.4, 0.5) is 0 Å². The summed E-state index contributed by atoms with van der Waals surface area (Å²) in [4.78, 5) is 25.9. The molecule has 2 atom stereocenters. The van der Waals surface area contributed by atoms with Crippen LogP contribution < -0.4 is 10.6 Å². The molecule has 2 unspecified atom stereocenters. The number of carbonyl (C=O) groups is 2. The number of nitrogens with zero attached hydrogens (tertiary/aromatic N) is 1. The molecular weight excluding hydrogens is 218 g/mol. The van der Waals surface area contributed by atoms with Gasteiger partial charge in [-0.2, -0.15) is 0 Å². The minimum absolute atomic E-state index is 0.0241. The summed E-state index contributed by atoms with van der Waals surface area (Å²) in [5, 5.41) is 5.86. The van der Waals surface area contributed by atoms with Crippen LogP contribution in [0.25, 0.3) is 0 Å². The summed E-state index contributed by atoms with van der Waals surface area (Å²) in [7, 11) is 1.64. The van der Waals surface area contributed by atoms with Crippen molar-refractivity contribution in [1.82, 2.24) is 15.5 Å². The lowest BCUT2D eigenvalue weighted by atomic mass is 9.98. The van der Waals surface area contributed by atoms with Gasteiger partial charge in [0.2, 0.25) is 11.8 Å². The van der Waals surface area contributed by atoms with Crippen molar-refractivity contribution in [2.45, 2.75) is 31.7 Å². The third kappa shape index (κ3) is 2.60. The topological polar surface area (TPSA) is 61.4 Å². The largest absolute Gasteiger partial charge is 0.357 e. The molecule has 0 radical (unpaired) electrons. The monoisotopic (exact) mass is 239 g/mol. The first-order chi connectivity index (χ1) is 8.24. The molecule has 2 saturated heterocycles. The zero-order chi connectivity index (χ0) is 12.3. The molecular formula is C12H21N3O2. The summed E-state index contributed by atoms with van der Waals surface area (Å²) >= 11 is 0. The fraction of sp³-hybridized carbons (Fsp3) is 0.833. The lowest BCUT2D eigenvalue weighted by Gasteiger charge is -2.35. The second-order valence-electron chi connectivity index (χ2n) is 4.85. The molecule has 0 saturated carbocycles. The fourth-order valence-electron chi connectivity index (χ4n) is 2.73. The summed E-state index contributed by atoms with van der Waals surface area (Å²) < 4.78 is 0. The molecule has 2 aliphatic rings. The molecule has 2 fully saturated rings. The zero-order valence-corrected chi connectivity index (χ0v) is 10.4. The highest BCUT2D eigenvalue weighted by Gasteiger charge is 2.35. The quantitative estimate of drug-likeness (QED) is 0.697. The predicted molar refractivity (Wildman–Crippen MR) is 64.4 cm³/mol. The van der Waals surface area contributed by atoms with E-state index in [-0.39, 0.29) is 23.8 Å². The molecule has 5 heteroatoms. The van der Waals surface area contributed by atoms with E-state index in [0.717, 1.165) is 45.3 Å². The molecule has 2 N–H and O–H groups in total. The maximum atomic E-state index is 12.3. The van der Waals surface area contributed by atoms with Crippen molar-refractivity contribution in [2.75, 3.05) is 26.7 Å². The maximum absolute atomic E-state index is 12.3. The Morgan fingerprint density at radius 3 is 2.76 bits per heavy atom. The molecule has 96 valence electrons. The SMILES string of the molecule is CNC(=O)C1CCCCN1C(=O)C1CCNC1. The molecule has 0 aromatic carbocycles. The standard InChI is InChI=1S/C12H21N3O2/c1-13-11(16)10-4-2-3-7-15(10)12(17)9-5-6-14-8-9/h9-10,14H,2-8H2,1H3,(H,13,16). The molecule has 0 aliphatic carbocycles. The fourth-order valence-corrected chi connectivity index (χ4v) is 2.73. The highest BCUT2D eigenvalue weighted by Crippen LogP contribution is 2.21. The van der Waals surface area contributed by atoms with Crippen molar-refractivity contribution in [3.05, 3.63) is 0 Å². The minimum Gasteiger partial charge on any atom is -0.357 e. The molecule has 17 heavy (non-hydrogen) atoms. The third-order valence-corrected chi connectivity index (χ3v) is 3.74. The van der Waals surface area contributed by atoms with Gasteiger partial charge in [-0.05, 0) is 32.2 Å². The van der Waals surface area contributed by atoms with Crippen LogP contribution in [0.3, 0.4) is 0 Å². The van der Waals surface area contributed by atoms with Crippen LogP contribution in [0.15, 0.2) is 0 Å². The van der Waals surface area contributed by atoms with Crippen molar-refractivity contribution in [1.29, 1.82) is 0 Å². The van der Waals surface area contributed by atoms with E-state index in [1.54, 1.807) is 11.9 Å². The molecule has 5 nitrogen and oxygen atoms in total. The van der Waals surface area contributed by atoms with E-state index in [1.165, 1.54) is 0 Å². The Hall–Kier alpha value is -1.10. The Morgan fingerprint density at radius 2 is 2.12 bits per heavy atom. The average Bonchev–Trinajstić information content (AvgIpc) is 2.91. The first-order valence-electron chi connectivity index (χ1n) is 6.47. The summed E-state index contributed by atoms with van der Waals surface area (Å²) in [5.41, 5.74) is 0. The molecule has 0 spiro atoms. The molecule has 2 aliphatic heterocycles. The number of hydrogen-bond donors (Lipinski definition) is 2. The number of hydrogen-bond acceptors (Lipinski definition) is 3. The summed E-state index contributed by atoms with van der Waals surface area (Å²) in [6, 6.07) is -0.248. The van der Waals surface area contributed by atoms with Crippen LogP contribution >= 0.6 is 0 Å². The van der Waals surface area contributed by atoms with E-state index in [0.29, 0.717) is 0 Å². The smallest absolute Gasteiger partial charge is 0.242 e. The predicted octanol–water partition coefficient (Wildman–Crippen LogP) is -0.277. The van der Waals surface area contributed by atoms with Crippen LogP contribution in [-0.4, -0.2) is 49.4 Å². The van der Waals surface area contributed by atoms with Gasteiger partial charge in [0.15, 0.2) is 0 Å². The third-order valence-electron chi connectivity index (χ3n) is 3.74. The number of likely N-dealkylation sites (tertiary alicyclic amines) is 1. The van der Waals surface area contributed by atoms with Crippen LogP contribution in [-0.2, 0) is 9.59 Å². The number of nitrogens with one attached hydrogen (secondary N) is 2. The first kappa shape index (κ1) is 12.4. The normalized spacial score (nSPS) is 29.1. The second-order valence-corrected chi connectivity index (χ2v) is 4.85. The Balaban J connectivity index is 2.04. The molecule has 0 aromatic rings. The average molecular weight is 239 g/mol. The molecule has 0 aromatic heterocycles. The van der Waals surface area contributed by atoms with E-state index >= 15 is 0 Å². The Kier molecular flexibility index (Phi) is 3.99. The summed E-state index contributed by atoms with van der Waals surface area (Å²) in [6.45, 7) is 2.40. The van der Waals surface area contributed by atoms with Crippen molar-refractivity contribution in [2.24, 2.45) is 5.92 Å². The highest BCUT2D eigenvalue weighted by molar-refractivity contribution is 5.88. The Labute approximate surface area is 102 Å². The van der Waals surface area contributed by atoms with Gasteiger partial charge in [-0.1, -0.05) is 0 Å². The number of likely N-dealkylation sites (N-methyl/N-ethyl adjacent to an activating group) is 1. The van der Waals surface area contributed by atoms with Crippen LogP contribution in [0.1, 0.15) is 25.7 Å². The minimum atomic E-state index is -0.248. The van der Waals surface area contributed by atoms with E-state index in [2.05, 4.69) is 10.6 Å². The van der Waals surface area contributed by atoms with E-state index < -0.39 is 0 Å². The van der Waals surface area contributed by atoms with E-state index in [9.17, 15) is 9.59 Å². The molecule has 2 rings (SSSR count). The van der Waals surface area contributed by atoms with Crippen molar-refractivity contribution < 1.29 is 9.59 Å². The Morgan fingerprint density at radius 1 is 1.29 bits per heavy atom. The summed E-state index contributed by atoms with van der Waals surface area (Å²) in [5.74, 6) is 0.201. The maximum Gasteiger partial charge on any atom is 0.242 e. The van der Waals surface area contributed by atoms with E-state index in [1.807, 2.05) is 0 Å². The van der Waals surface area contributed by atoms with Crippen molar-refractivity contribution >= 4 is 11.8 Å². The lowest BCUT2D eigenvalue weighted by Crippen LogP contribution is -2.53. The van der Waals surface area contributed by atoms with Crippen LogP contribution in [0.5, 0.6) is 0 Å². The van der Waals surface area contributed by atoms with Gasteiger partial charge in [-0.25, -0.2) is 0 Å². The number of carbonyl (C=O) groups excluding carboxylic acids is 2. The second kappa shape index (κ2) is 5.49. The van der Waals surface area contributed by atoms with Gasteiger partial charge in [0.1, 0.15) is 6.04 Å². The molecule has 0 bridgehead atoms. The first-order valence-corrected chi connectivity index (χ1v) is 6.47. The van der Waals surface area contributed by atoms with Crippen LogP contribution in [0.2, 0.25) is 0 Å². The van der Waals surface area contributed by atoms with Gasteiger partial charge in [0.25, 0.3) is 0 Å². The van der Waals surface area contributed by atoms with Crippen molar-refractivity contribution in [3.63, 3.8) is 0 Å². The highest BCUT2D eigenvalue weighted by atomic mass is 16.2. The number of rotatable bonds is 2. The van der Waals surface area contributed by atoms with Gasteiger partial charge in [-0.3, -0.25) is 9.59 Å². The summed E-state index contributed by atoms with van der Waals surface area (Å²) in [6.07, 6.45) is 3.74. The molecule has 2 amide bonds. The van der Waals surface area contributed by atoms with Gasteiger partial charge in [0, 0.05) is 20.1 Å². The Bertz CT molecular complexity index is 300. The van der Waals surface area contributed by atoms with Gasteiger partial charge >= 0.3 is 0 Å². The number of amides is 2. The van der Waals surface area contributed by atoms with Crippen molar-refractivity contribution in [3.8, 4) is 0 Å². The van der Waals surface area contributed by atoms with E-state index in [4.69, 9.17) is 0 Å². The molecule has 2 heterocycles. The number of piperidine rings is 1. The van der Waals surface area contributed by atoms with Crippen LogP contribution in [0, 0.1) is 5.92 Å². The van der Waals surface area contributed by atoms with Gasteiger partial charge in [-0.15, -0.1) is 0 Å². The zero-order valence-electron chi connectivity index (χ0n) is 10.4.